The van der Waals surface area contributed by atoms with Gasteiger partial charge in [-0.2, -0.15) is 26.3 Å². The van der Waals surface area contributed by atoms with Crippen LogP contribution in [-0.2, 0) is 26.7 Å². The van der Waals surface area contributed by atoms with Gasteiger partial charge in [0.25, 0.3) is 5.91 Å². The molecular weight excluding hydrogens is 376 g/mol. The van der Waals surface area contributed by atoms with E-state index in [2.05, 4.69) is 0 Å². The maximum Gasteiger partial charge on any atom is 0.416 e. The van der Waals surface area contributed by atoms with E-state index in [1.807, 2.05) is 0 Å². The molecule has 2 rings (SSSR count). The standard InChI is InChI=1S/C14H11F6NO5/c15-13(16,17)6-3-7(14(18,19)20)5-8(4-6)21-1-2-26-10(11(21)23)9(22)12(24)25/h3-5,9-10,22H,1-2H2,(H,24,25)/t9-,10?/m1/s1. The minimum Gasteiger partial charge on any atom is -0.479 e. The van der Waals surface area contributed by atoms with Crippen LogP contribution >= 0.6 is 0 Å². The Morgan fingerprint density at radius 2 is 1.62 bits per heavy atom. The first-order valence-corrected chi connectivity index (χ1v) is 6.95. The number of hydrogen-bond donors (Lipinski definition) is 2. The van der Waals surface area contributed by atoms with E-state index in [9.17, 15) is 41.0 Å². The largest absolute Gasteiger partial charge is 0.479 e. The molecule has 12 heteroatoms. The van der Waals surface area contributed by atoms with Crippen molar-refractivity contribution in [2.75, 3.05) is 18.1 Å². The quantitative estimate of drug-likeness (QED) is 0.774. The predicted molar refractivity (Wildman–Crippen MR) is 72.2 cm³/mol. The van der Waals surface area contributed by atoms with Crippen molar-refractivity contribution in [3.05, 3.63) is 29.3 Å². The monoisotopic (exact) mass is 387 g/mol. The molecule has 1 aromatic rings. The molecule has 0 spiro atoms. The molecule has 0 aromatic heterocycles. The summed E-state index contributed by atoms with van der Waals surface area (Å²) in [6.45, 7) is -0.807. The number of carboxylic acid groups (broad SMARTS) is 1. The lowest BCUT2D eigenvalue weighted by Crippen LogP contribution is -2.54. The summed E-state index contributed by atoms with van der Waals surface area (Å²) in [5, 5.41) is 18.1. The molecule has 6 nitrogen and oxygen atoms in total. The van der Waals surface area contributed by atoms with Crippen molar-refractivity contribution >= 4 is 17.6 Å². The molecular formula is C14H11F6NO5. The highest BCUT2D eigenvalue weighted by molar-refractivity contribution is 6.00. The molecule has 0 saturated carbocycles. The van der Waals surface area contributed by atoms with E-state index in [-0.39, 0.29) is 6.07 Å². The van der Waals surface area contributed by atoms with Gasteiger partial charge in [0.15, 0.2) is 12.2 Å². The number of carbonyl (C=O) groups excluding carboxylic acids is 1. The van der Waals surface area contributed by atoms with Gasteiger partial charge in [-0.15, -0.1) is 0 Å². The first kappa shape index (κ1) is 20.0. The van der Waals surface area contributed by atoms with Crippen molar-refractivity contribution < 1.29 is 50.9 Å². The average molecular weight is 387 g/mol. The number of ether oxygens (including phenoxy) is 1. The number of rotatable bonds is 3. The van der Waals surface area contributed by atoms with Gasteiger partial charge in [0.1, 0.15) is 0 Å². The molecule has 0 radical (unpaired) electrons. The molecule has 1 aliphatic heterocycles. The number of aliphatic hydroxyl groups excluding tert-OH is 1. The van der Waals surface area contributed by atoms with Gasteiger partial charge in [-0.05, 0) is 18.2 Å². The lowest BCUT2D eigenvalue weighted by molar-refractivity contribution is -0.163. The summed E-state index contributed by atoms with van der Waals surface area (Å²) in [5.74, 6) is -3.09. The van der Waals surface area contributed by atoms with Crippen LogP contribution < -0.4 is 4.90 Å². The number of benzene rings is 1. The molecule has 144 valence electrons. The topological polar surface area (TPSA) is 87.1 Å². The van der Waals surface area contributed by atoms with Gasteiger partial charge < -0.3 is 19.8 Å². The third-order valence-electron chi connectivity index (χ3n) is 3.55. The van der Waals surface area contributed by atoms with Gasteiger partial charge in [0, 0.05) is 12.2 Å². The maximum absolute atomic E-state index is 12.9. The van der Waals surface area contributed by atoms with Crippen molar-refractivity contribution in [1.29, 1.82) is 0 Å². The normalized spacial score (nSPS) is 20.2. The number of anilines is 1. The first-order valence-electron chi connectivity index (χ1n) is 6.95. The zero-order valence-electron chi connectivity index (χ0n) is 12.6. The SMILES string of the molecule is O=C(O)[C@H](O)C1OCCN(c2cc(C(F)(F)F)cc(C(F)(F)F)c2)C1=O. The Bertz CT molecular complexity index is 685. The lowest BCUT2D eigenvalue weighted by atomic mass is 10.1. The van der Waals surface area contributed by atoms with Gasteiger partial charge in [0.2, 0.25) is 0 Å². The fraction of sp³-hybridized carbons (Fsp3) is 0.429. The van der Waals surface area contributed by atoms with E-state index >= 15 is 0 Å². The minimum atomic E-state index is -5.11. The van der Waals surface area contributed by atoms with E-state index < -0.39 is 66.4 Å². The Labute approximate surface area is 141 Å². The Morgan fingerprint density at radius 3 is 2.04 bits per heavy atom. The van der Waals surface area contributed by atoms with Crippen LogP contribution in [-0.4, -0.2) is 47.4 Å². The number of carbonyl (C=O) groups is 2. The number of amides is 1. The van der Waals surface area contributed by atoms with Crippen LogP contribution in [0, 0.1) is 0 Å². The van der Waals surface area contributed by atoms with Gasteiger partial charge in [-0.1, -0.05) is 0 Å². The van der Waals surface area contributed by atoms with E-state index in [0.717, 1.165) is 0 Å². The molecule has 0 bridgehead atoms. The molecule has 1 aromatic carbocycles. The van der Waals surface area contributed by atoms with Crippen molar-refractivity contribution in [3.8, 4) is 0 Å². The third-order valence-corrected chi connectivity index (χ3v) is 3.55. The second-order valence-electron chi connectivity index (χ2n) is 5.33. The maximum atomic E-state index is 12.9. The number of morpholine rings is 1. The molecule has 2 N–H and O–H groups in total. The van der Waals surface area contributed by atoms with Crippen molar-refractivity contribution in [3.63, 3.8) is 0 Å². The zero-order valence-corrected chi connectivity index (χ0v) is 12.6. The van der Waals surface area contributed by atoms with Crippen molar-refractivity contribution in [1.82, 2.24) is 0 Å². The fourth-order valence-corrected chi connectivity index (χ4v) is 2.31. The van der Waals surface area contributed by atoms with Gasteiger partial charge in [-0.3, -0.25) is 4.79 Å². The first-order chi connectivity index (χ1) is 11.8. The number of aliphatic hydroxyl groups is 1. The zero-order chi connectivity index (χ0) is 19.9. The minimum absolute atomic E-state index is 0.0992. The summed E-state index contributed by atoms with van der Waals surface area (Å²) in [6, 6.07) is 0.573. The molecule has 1 saturated heterocycles. The smallest absolute Gasteiger partial charge is 0.416 e. The van der Waals surface area contributed by atoms with Crippen LogP contribution in [0.4, 0.5) is 32.0 Å². The Balaban J connectivity index is 2.49. The molecule has 1 fully saturated rings. The molecule has 1 unspecified atom stereocenters. The van der Waals surface area contributed by atoms with E-state index in [1.54, 1.807) is 0 Å². The van der Waals surface area contributed by atoms with Gasteiger partial charge in [-0.25, -0.2) is 4.79 Å². The third kappa shape index (κ3) is 4.07. The van der Waals surface area contributed by atoms with Crippen LogP contribution in [0.2, 0.25) is 0 Å². The Morgan fingerprint density at radius 1 is 1.12 bits per heavy atom. The van der Waals surface area contributed by atoms with Gasteiger partial charge >= 0.3 is 18.3 Å². The molecule has 0 aliphatic carbocycles. The summed E-state index contributed by atoms with van der Waals surface area (Å²) in [7, 11) is 0. The van der Waals surface area contributed by atoms with Crippen LogP contribution in [0.3, 0.4) is 0 Å². The average Bonchev–Trinajstić information content (AvgIpc) is 2.52. The number of hydrogen-bond acceptors (Lipinski definition) is 4. The highest BCUT2D eigenvalue weighted by Crippen LogP contribution is 2.38. The predicted octanol–water partition coefficient (Wildman–Crippen LogP) is 1.90. The summed E-state index contributed by atoms with van der Waals surface area (Å²) in [6.07, 6.45) is -14.5. The Kier molecular flexibility index (Phi) is 5.19. The Hall–Kier alpha value is -2.34. The lowest BCUT2D eigenvalue weighted by Gasteiger charge is -2.34. The highest BCUT2D eigenvalue weighted by atomic mass is 19.4. The van der Waals surface area contributed by atoms with Crippen molar-refractivity contribution in [2.45, 2.75) is 24.6 Å². The fourth-order valence-electron chi connectivity index (χ4n) is 2.31. The number of alkyl halides is 6. The van der Waals surface area contributed by atoms with E-state index in [0.29, 0.717) is 17.0 Å². The van der Waals surface area contributed by atoms with E-state index in [1.165, 1.54) is 0 Å². The number of halogens is 6. The number of carboxylic acids is 1. The molecule has 1 aliphatic rings. The van der Waals surface area contributed by atoms with Crippen molar-refractivity contribution in [2.24, 2.45) is 0 Å². The van der Waals surface area contributed by atoms with Crippen LogP contribution in [0.1, 0.15) is 11.1 Å². The van der Waals surface area contributed by atoms with Crippen LogP contribution in [0.15, 0.2) is 18.2 Å². The van der Waals surface area contributed by atoms with Crippen LogP contribution in [0.5, 0.6) is 0 Å². The summed E-state index contributed by atoms with van der Waals surface area (Å²) < 4.78 is 82.2. The summed E-state index contributed by atoms with van der Waals surface area (Å²) in [5.41, 5.74) is -3.99. The second kappa shape index (κ2) is 6.76. The van der Waals surface area contributed by atoms with Crippen LogP contribution in [0.25, 0.3) is 0 Å². The van der Waals surface area contributed by atoms with Gasteiger partial charge in [0.05, 0.1) is 17.7 Å². The number of aliphatic carboxylic acids is 1. The highest BCUT2D eigenvalue weighted by Gasteiger charge is 2.42. The summed E-state index contributed by atoms with van der Waals surface area (Å²) in [4.78, 5) is 23.5. The second-order valence-corrected chi connectivity index (χ2v) is 5.33. The molecule has 1 heterocycles. The number of nitrogens with zero attached hydrogens (tertiary/aromatic N) is 1. The summed E-state index contributed by atoms with van der Waals surface area (Å²) >= 11 is 0. The van der Waals surface area contributed by atoms with E-state index in [4.69, 9.17) is 9.84 Å². The molecule has 1 amide bonds. The molecule has 26 heavy (non-hydrogen) atoms. The molecule has 2 atom stereocenters.